The zero-order chi connectivity index (χ0) is 21.5. The Hall–Kier alpha value is -3.10. The van der Waals surface area contributed by atoms with E-state index in [4.69, 9.17) is 4.84 Å². The summed E-state index contributed by atoms with van der Waals surface area (Å²) in [6.45, 7) is 1.57. The zero-order valence-corrected chi connectivity index (χ0v) is 15.4. The summed E-state index contributed by atoms with van der Waals surface area (Å²) in [6.07, 6.45) is -4.15. The molecule has 1 aromatic heterocycles. The van der Waals surface area contributed by atoms with Gasteiger partial charge in [-0.25, -0.2) is 8.78 Å². The minimum Gasteiger partial charge on any atom is -0.289 e. The van der Waals surface area contributed by atoms with Gasteiger partial charge in [-0.15, -0.1) is 0 Å². The molecule has 0 saturated heterocycles. The maximum Gasteiger partial charge on any atom is 0.422 e. The Morgan fingerprint density at radius 2 is 1.48 bits per heavy atom. The van der Waals surface area contributed by atoms with Crippen LogP contribution < -0.4 is 9.57 Å². The molecule has 0 saturated carbocycles. The maximum atomic E-state index is 14.2. The molecule has 1 aliphatic rings. The molecule has 0 aliphatic heterocycles. The molecule has 1 aromatic carbocycles. The molecule has 0 spiro atoms. The number of aromatic nitrogens is 1. The van der Waals surface area contributed by atoms with Crippen LogP contribution in [0.5, 0.6) is 0 Å². The number of hydrogen-bond acceptors (Lipinski definition) is 3. The third-order valence-corrected chi connectivity index (χ3v) is 4.70. The highest BCUT2D eigenvalue weighted by Crippen LogP contribution is 2.33. The summed E-state index contributed by atoms with van der Waals surface area (Å²) in [4.78, 5) is 30.5. The topological polar surface area (TPSA) is 47.2 Å². The fourth-order valence-electron chi connectivity index (χ4n) is 3.30. The standard InChI is InChI=1S/C20H15F5NO3/c1-3-12-13(8-11-5-4-10(20(23,24)25)9-26(11)29-2)19(28)17-15(22)7-6-14(21)16(17)18(12)27/h4-7,9H,3,8H2,1-2H3/q+1. The van der Waals surface area contributed by atoms with E-state index in [1.165, 1.54) is 0 Å². The van der Waals surface area contributed by atoms with E-state index in [-0.39, 0.29) is 29.7 Å². The third kappa shape index (κ3) is 3.52. The lowest BCUT2D eigenvalue weighted by Gasteiger charge is -2.20. The summed E-state index contributed by atoms with van der Waals surface area (Å²) < 4.78 is 67.9. The van der Waals surface area contributed by atoms with Crippen LogP contribution in [0.25, 0.3) is 0 Å². The second kappa shape index (κ2) is 7.38. The van der Waals surface area contributed by atoms with Crippen LogP contribution in [0.4, 0.5) is 22.0 Å². The van der Waals surface area contributed by atoms with Gasteiger partial charge in [0.05, 0.1) is 17.5 Å². The number of pyridine rings is 1. The molecule has 4 nitrogen and oxygen atoms in total. The Labute approximate surface area is 162 Å². The second-order valence-corrected chi connectivity index (χ2v) is 6.34. The monoisotopic (exact) mass is 412 g/mol. The number of Topliss-reactive ketones (excluding diaryl/α,β-unsaturated/α-hetero) is 2. The van der Waals surface area contributed by atoms with E-state index in [0.29, 0.717) is 6.20 Å². The normalized spacial score (nSPS) is 14.3. The summed E-state index contributed by atoms with van der Waals surface area (Å²) in [5, 5.41) is 0. The van der Waals surface area contributed by atoms with E-state index in [0.717, 1.165) is 36.1 Å². The highest BCUT2D eigenvalue weighted by Gasteiger charge is 2.38. The van der Waals surface area contributed by atoms with Crippen LogP contribution >= 0.6 is 0 Å². The van der Waals surface area contributed by atoms with Crippen LogP contribution in [-0.2, 0) is 12.6 Å². The number of allylic oxidation sites excluding steroid dienone is 2. The van der Waals surface area contributed by atoms with Crippen molar-refractivity contribution in [1.82, 2.24) is 0 Å². The van der Waals surface area contributed by atoms with Crippen LogP contribution in [0.15, 0.2) is 41.6 Å². The summed E-state index contributed by atoms with van der Waals surface area (Å²) in [5.41, 5.74) is -2.27. The first kappa shape index (κ1) is 20.6. The van der Waals surface area contributed by atoms with Gasteiger partial charge in [-0.05, 0) is 24.6 Å². The van der Waals surface area contributed by atoms with Gasteiger partial charge >= 0.3 is 6.18 Å². The lowest BCUT2D eigenvalue weighted by molar-refractivity contribution is -0.890. The van der Waals surface area contributed by atoms with Crippen molar-refractivity contribution >= 4 is 11.6 Å². The van der Waals surface area contributed by atoms with Crippen LogP contribution in [0, 0.1) is 11.6 Å². The molecular weight excluding hydrogens is 397 g/mol. The Morgan fingerprint density at radius 3 is 1.97 bits per heavy atom. The first-order valence-corrected chi connectivity index (χ1v) is 8.55. The van der Waals surface area contributed by atoms with Gasteiger partial charge < -0.3 is 0 Å². The summed E-state index contributed by atoms with van der Waals surface area (Å²) in [5.74, 6) is -3.74. The maximum absolute atomic E-state index is 14.2. The molecule has 2 aromatic rings. The zero-order valence-electron chi connectivity index (χ0n) is 15.4. The number of carbonyl (C=O) groups is 2. The molecule has 0 N–H and O–H groups in total. The lowest BCUT2D eigenvalue weighted by atomic mass is 9.80. The first-order valence-electron chi connectivity index (χ1n) is 8.55. The van der Waals surface area contributed by atoms with Gasteiger partial charge in [-0.3, -0.25) is 14.4 Å². The second-order valence-electron chi connectivity index (χ2n) is 6.34. The molecule has 152 valence electrons. The third-order valence-electron chi connectivity index (χ3n) is 4.70. The van der Waals surface area contributed by atoms with Crippen molar-refractivity contribution in [3.05, 3.63) is 75.6 Å². The van der Waals surface area contributed by atoms with Gasteiger partial charge in [0.15, 0.2) is 11.6 Å². The Kier molecular flexibility index (Phi) is 5.25. The molecule has 0 bridgehead atoms. The van der Waals surface area contributed by atoms with Crippen LogP contribution in [0.3, 0.4) is 0 Å². The highest BCUT2D eigenvalue weighted by molar-refractivity contribution is 6.27. The van der Waals surface area contributed by atoms with Crippen molar-refractivity contribution < 1.29 is 41.1 Å². The Morgan fingerprint density at radius 1 is 0.931 bits per heavy atom. The smallest absolute Gasteiger partial charge is 0.289 e. The number of ketones is 2. The van der Waals surface area contributed by atoms with Crippen LogP contribution in [0.1, 0.15) is 45.3 Å². The van der Waals surface area contributed by atoms with Gasteiger partial charge in [-0.1, -0.05) is 6.92 Å². The Balaban J connectivity index is 2.12. The van der Waals surface area contributed by atoms with Gasteiger partial charge in [0.1, 0.15) is 24.3 Å². The SMILES string of the molecule is CCC1=C(Cc2ccc(C(F)(F)F)c[n+]2OC)C(=O)c2c(F)ccc(F)c2C1=O. The van der Waals surface area contributed by atoms with Gasteiger partial charge in [0.25, 0.3) is 0 Å². The summed E-state index contributed by atoms with van der Waals surface area (Å²) in [7, 11) is 1.14. The Bertz CT molecular complexity index is 1060. The van der Waals surface area contributed by atoms with E-state index in [2.05, 4.69) is 0 Å². The fourth-order valence-corrected chi connectivity index (χ4v) is 3.30. The molecule has 0 fully saturated rings. The van der Waals surface area contributed by atoms with E-state index in [1.54, 1.807) is 6.92 Å². The molecule has 0 radical (unpaired) electrons. The average Bonchev–Trinajstić information content (AvgIpc) is 2.67. The molecule has 1 heterocycles. The average molecular weight is 412 g/mol. The quantitative estimate of drug-likeness (QED) is 0.569. The minimum absolute atomic E-state index is 0.0189. The molecule has 0 unspecified atom stereocenters. The van der Waals surface area contributed by atoms with Crippen molar-refractivity contribution in [3.8, 4) is 0 Å². The molecule has 9 heteroatoms. The lowest BCUT2D eigenvalue weighted by Crippen LogP contribution is -2.45. The van der Waals surface area contributed by atoms with Gasteiger partial charge in [-0.2, -0.15) is 13.2 Å². The van der Waals surface area contributed by atoms with Crippen molar-refractivity contribution in [1.29, 1.82) is 0 Å². The van der Waals surface area contributed by atoms with Crippen molar-refractivity contribution in [2.75, 3.05) is 7.11 Å². The molecule has 1 aliphatic carbocycles. The number of carbonyl (C=O) groups excluding carboxylic acids is 2. The van der Waals surface area contributed by atoms with Crippen molar-refractivity contribution in [2.24, 2.45) is 0 Å². The number of nitrogens with zero attached hydrogens (tertiary/aromatic N) is 1. The highest BCUT2D eigenvalue weighted by atomic mass is 19.4. The number of benzene rings is 1. The summed E-state index contributed by atoms with van der Waals surface area (Å²) >= 11 is 0. The van der Waals surface area contributed by atoms with E-state index in [1.807, 2.05) is 0 Å². The van der Waals surface area contributed by atoms with Crippen LogP contribution in [-0.4, -0.2) is 18.7 Å². The molecular formula is C20H15F5NO3+. The van der Waals surface area contributed by atoms with E-state index < -0.39 is 46.1 Å². The van der Waals surface area contributed by atoms with Crippen molar-refractivity contribution in [2.45, 2.75) is 25.9 Å². The van der Waals surface area contributed by atoms with Gasteiger partial charge in [0.2, 0.25) is 11.9 Å². The number of fused-ring (bicyclic) bond motifs is 1. The predicted molar refractivity (Wildman–Crippen MR) is 90.2 cm³/mol. The molecule has 29 heavy (non-hydrogen) atoms. The minimum atomic E-state index is -4.61. The molecule has 3 rings (SSSR count). The largest absolute Gasteiger partial charge is 0.422 e. The van der Waals surface area contributed by atoms with Crippen LogP contribution in [0.2, 0.25) is 0 Å². The van der Waals surface area contributed by atoms with E-state index >= 15 is 0 Å². The van der Waals surface area contributed by atoms with E-state index in [9.17, 15) is 31.5 Å². The predicted octanol–water partition coefficient (Wildman–Crippen LogP) is 3.66. The molecule has 0 amide bonds. The number of rotatable bonds is 4. The first-order chi connectivity index (χ1) is 13.6. The van der Waals surface area contributed by atoms with Gasteiger partial charge in [0, 0.05) is 21.9 Å². The van der Waals surface area contributed by atoms with Crippen molar-refractivity contribution in [3.63, 3.8) is 0 Å². The summed E-state index contributed by atoms with van der Waals surface area (Å²) in [6, 6.07) is 3.43. The number of halogens is 5. The molecule has 0 atom stereocenters. The fraction of sp³-hybridized carbons (Fsp3) is 0.250. The number of hydrogen-bond donors (Lipinski definition) is 0. The number of alkyl halides is 3.